The van der Waals surface area contributed by atoms with E-state index in [4.69, 9.17) is 0 Å². The molecule has 1 unspecified atom stereocenters. The van der Waals surface area contributed by atoms with Gasteiger partial charge in [-0.2, -0.15) is 5.01 Å². The summed E-state index contributed by atoms with van der Waals surface area (Å²) in [5.74, 6) is -1.07. The average molecular weight is 399 g/mol. The Hall–Kier alpha value is -2.47. The molecular formula is C19H15BrN2O3. The second-order valence-corrected chi connectivity index (χ2v) is 7.08. The first-order valence-electron chi connectivity index (χ1n) is 8.13. The van der Waals surface area contributed by atoms with E-state index >= 15 is 0 Å². The minimum Gasteiger partial charge on any atom is -0.273 e. The third-order valence-electron chi connectivity index (χ3n) is 4.66. The number of fused-ring (bicyclic) bond motifs is 1. The summed E-state index contributed by atoms with van der Waals surface area (Å²) in [6.45, 7) is 0. The van der Waals surface area contributed by atoms with E-state index in [0.717, 1.165) is 21.5 Å². The van der Waals surface area contributed by atoms with Gasteiger partial charge in [0.25, 0.3) is 11.8 Å². The monoisotopic (exact) mass is 398 g/mol. The lowest BCUT2D eigenvalue weighted by Gasteiger charge is -2.40. The Kier molecular flexibility index (Phi) is 3.92. The molecule has 5 nitrogen and oxygen atoms in total. The van der Waals surface area contributed by atoms with Gasteiger partial charge in [0.05, 0.1) is 17.2 Å². The van der Waals surface area contributed by atoms with Crippen LogP contribution in [0.5, 0.6) is 0 Å². The van der Waals surface area contributed by atoms with Crippen LogP contribution in [0.3, 0.4) is 0 Å². The second-order valence-electron chi connectivity index (χ2n) is 6.17. The molecule has 2 aliphatic rings. The highest BCUT2D eigenvalue weighted by molar-refractivity contribution is 9.10. The van der Waals surface area contributed by atoms with Crippen molar-refractivity contribution in [2.45, 2.75) is 25.3 Å². The summed E-state index contributed by atoms with van der Waals surface area (Å²) < 4.78 is 0.936. The summed E-state index contributed by atoms with van der Waals surface area (Å²) in [4.78, 5) is 38.2. The smallest absolute Gasteiger partial charge is 0.273 e. The summed E-state index contributed by atoms with van der Waals surface area (Å²) in [5, 5.41) is 2.39. The highest BCUT2D eigenvalue weighted by atomic mass is 79.9. The van der Waals surface area contributed by atoms with Crippen LogP contribution in [0.25, 0.3) is 0 Å². The van der Waals surface area contributed by atoms with Crippen molar-refractivity contribution in [1.29, 1.82) is 0 Å². The van der Waals surface area contributed by atoms with Crippen molar-refractivity contribution >= 4 is 33.7 Å². The van der Waals surface area contributed by atoms with Crippen molar-refractivity contribution in [2.24, 2.45) is 0 Å². The second kappa shape index (κ2) is 6.11. The maximum absolute atomic E-state index is 12.8. The topological polar surface area (TPSA) is 57.7 Å². The number of hydrogen-bond acceptors (Lipinski definition) is 3. The fraction of sp³-hybridized carbons (Fsp3) is 0.211. The van der Waals surface area contributed by atoms with E-state index in [9.17, 15) is 14.4 Å². The molecule has 126 valence electrons. The molecule has 0 aromatic heterocycles. The standard InChI is InChI=1S/C19H15BrN2O3/c20-13-10-8-12(9-11-13)16-6-3-7-17(23)21(16)22-18(24)14-4-1-2-5-15(14)19(22)25/h1-2,4-5,8-11,16H,3,6-7H2. The SMILES string of the molecule is O=C1c2ccccc2C(=O)N1N1C(=O)CCCC1c1ccc(Br)cc1. The lowest BCUT2D eigenvalue weighted by Crippen LogP contribution is -2.52. The molecule has 0 bridgehead atoms. The maximum Gasteiger partial charge on any atom is 0.280 e. The Morgan fingerprint density at radius 1 is 0.880 bits per heavy atom. The third-order valence-corrected chi connectivity index (χ3v) is 5.19. The molecule has 3 amide bonds. The number of nitrogens with zero attached hydrogens (tertiary/aromatic N) is 2. The number of halogens is 1. The highest BCUT2D eigenvalue weighted by Gasteiger charge is 2.45. The molecule has 2 aromatic rings. The number of carbonyl (C=O) groups is 3. The minimum atomic E-state index is -0.432. The van der Waals surface area contributed by atoms with E-state index in [-0.39, 0.29) is 11.9 Å². The molecule has 0 radical (unpaired) electrons. The van der Waals surface area contributed by atoms with Gasteiger partial charge in [-0.15, -0.1) is 0 Å². The molecule has 2 aromatic carbocycles. The molecule has 1 fully saturated rings. The van der Waals surface area contributed by atoms with E-state index in [0.29, 0.717) is 24.0 Å². The Balaban J connectivity index is 1.76. The summed E-state index contributed by atoms with van der Waals surface area (Å²) in [6, 6.07) is 14.0. The molecule has 6 heteroatoms. The molecule has 0 saturated carbocycles. The van der Waals surface area contributed by atoms with E-state index in [1.54, 1.807) is 24.3 Å². The van der Waals surface area contributed by atoms with Crippen LogP contribution in [0.4, 0.5) is 0 Å². The zero-order chi connectivity index (χ0) is 17.6. The number of benzene rings is 2. The van der Waals surface area contributed by atoms with Crippen LogP contribution in [0.15, 0.2) is 53.0 Å². The number of hydrazine groups is 1. The van der Waals surface area contributed by atoms with Gasteiger partial charge in [-0.3, -0.25) is 14.4 Å². The van der Waals surface area contributed by atoms with Crippen LogP contribution in [0.2, 0.25) is 0 Å². The largest absolute Gasteiger partial charge is 0.280 e. The van der Waals surface area contributed by atoms with Crippen LogP contribution in [-0.4, -0.2) is 27.7 Å². The molecule has 1 saturated heterocycles. The summed E-state index contributed by atoms with van der Waals surface area (Å²) in [7, 11) is 0. The predicted molar refractivity (Wildman–Crippen MR) is 94.5 cm³/mol. The number of piperidine rings is 1. The van der Waals surface area contributed by atoms with Crippen LogP contribution >= 0.6 is 15.9 Å². The normalized spacial score (nSPS) is 20.2. The van der Waals surface area contributed by atoms with Gasteiger partial charge in [0.2, 0.25) is 5.91 Å². The first kappa shape index (κ1) is 16.0. The van der Waals surface area contributed by atoms with Gasteiger partial charge in [-0.25, -0.2) is 5.01 Å². The van der Waals surface area contributed by atoms with Gasteiger partial charge in [0.1, 0.15) is 0 Å². The zero-order valence-corrected chi connectivity index (χ0v) is 14.9. The Labute approximate surface area is 153 Å². The first-order chi connectivity index (χ1) is 12.1. The Morgan fingerprint density at radius 3 is 2.08 bits per heavy atom. The van der Waals surface area contributed by atoms with Crippen molar-refractivity contribution in [2.75, 3.05) is 0 Å². The van der Waals surface area contributed by atoms with Crippen LogP contribution < -0.4 is 0 Å². The van der Waals surface area contributed by atoms with Gasteiger partial charge in [0.15, 0.2) is 0 Å². The van der Waals surface area contributed by atoms with Gasteiger partial charge in [-0.1, -0.05) is 40.2 Å². The van der Waals surface area contributed by atoms with E-state index in [1.807, 2.05) is 24.3 Å². The molecule has 1 atom stereocenters. The van der Waals surface area contributed by atoms with Crippen molar-refractivity contribution in [3.8, 4) is 0 Å². The van der Waals surface area contributed by atoms with Crippen molar-refractivity contribution in [3.63, 3.8) is 0 Å². The molecule has 2 aliphatic heterocycles. The van der Waals surface area contributed by atoms with E-state index in [2.05, 4.69) is 15.9 Å². The minimum absolute atomic E-state index is 0.200. The van der Waals surface area contributed by atoms with E-state index in [1.165, 1.54) is 5.01 Å². The molecule has 2 heterocycles. The molecule has 4 rings (SSSR count). The lowest BCUT2D eigenvalue weighted by molar-refractivity contribution is -0.150. The molecule has 0 aliphatic carbocycles. The molecule has 0 N–H and O–H groups in total. The zero-order valence-electron chi connectivity index (χ0n) is 13.3. The van der Waals surface area contributed by atoms with Crippen molar-refractivity contribution in [1.82, 2.24) is 10.0 Å². The van der Waals surface area contributed by atoms with Crippen LogP contribution in [-0.2, 0) is 4.79 Å². The fourth-order valence-corrected chi connectivity index (χ4v) is 3.74. The number of carbonyl (C=O) groups excluding carboxylic acids is 3. The molecule has 0 spiro atoms. The number of amides is 3. The number of rotatable bonds is 2. The Morgan fingerprint density at radius 2 is 1.48 bits per heavy atom. The molecule has 25 heavy (non-hydrogen) atoms. The van der Waals surface area contributed by atoms with Crippen LogP contribution in [0.1, 0.15) is 51.6 Å². The van der Waals surface area contributed by atoms with Gasteiger partial charge >= 0.3 is 0 Å². The van der Waals surface area contributed by atoms with E-state index < -0.39 is 11.8 Å². The summed E-state index contributed by atoms with van der Waals surface area (Å²) >= 11 is 3.40. The fourth-order valence-electron chi connectivity index (χ4n) is 3.47. The maximum atomic E-state index is 12.8. The number of hydrogen-bond donors (Lipinski definition) is 0. The first-order valence-corrected chi connectivity index (χ1v) is 8.92. The Bertz CT molecular complexity index is 843. The highest BCUT2D eigenvalue weighted by Crippen LogP contribution is 2.36. The quantitative estimate of drug-likeness (QED) is 0.724. The summed E-state index contributed by atoms with van der Waals surface area (Å²) in [6.07, 6.45) is 1.78. The van der Waals surface area contributed by atoms with Crippen molar-refractivity contribution in [3.05, 3.63) is 69.7 Å². The molecular weight excluding hydrogens is 384 g/mol. The number of imide groups is 1. The van der Waals surface area contributed by atoms with Gasteiger partial charge in [-0.05, 0) is 42.7 Å². The van der Waals surface area contributed by atoms with Gasteiger partial charge < -0.3 is 0 Å². The third kappa shape index (κ3) is 2.57. The average Bonchev–Trinajstić information content (AvgIpc) is 2.87. The van der Waals surface area contributed by atoms with Crippen molar-refractivity contribution < 1.29 is 14.4 Å². The summed E-state index contributed by atoms with van der Waals surface area (Å²) in [5.41, 5.74) is 1.61. The lowest BCUT2D eigenvalue weighted by atomic mass is 9.96. The predicted octanol–water partition coefficient (Wildman–Crippen LogP) is 3.71. The van der Waals surface area contributed by atoms with Crippen LogP contribution in [0, 0.1) is 0 Å². The van der Waals surface area contributed by atoms with Gasteiger partial charge in [0, 0.05) is 10.9 Å².